The highest BCUT2D eigenvalue weighted by atomic mass is 32.2. The van der Waals surface area contributed by atoms with E-state index in [0.29, 0.717) is 0 Å². The molecule has 5 rings (SSSR count). The highest BCUT2D eigenvalue weighted by Gasteiger charge is 2.67. The summed E-state index contributed by atoms with van der Waals surface area (Å²) in [5.74, 6) is -0.485. The lowest BCUT2D eigenvalue weighted by Crippen LogP contribution is -2.70. The largest absolute Gasteiger partial charge is 0.341 e. The Kier molecular flexibility index (Phi) is 3.93. The molecule has 1 spiro atoms. The van der Waals surface area contributed by atoms with Crippen LogP contribution in [0.25, 0.3) is 0 Å². The molecular formula is C23H21NO5S. The van der Waals surface area contributed by atoms with Gasteiger partial charge < -0.3 is 4.90 Å². The Balaban J connectivity index is 1.48. The van der Waals surface area contributed by atoms with E-state index in [1.807, 2.05) is 25.2 Å². The number of Topliss-reactive ketones (excluding diaryl/α,β-unsaturated/α-hetero) is 1. The Hall–Kier alpha value is -2.74. The van der Waals surface area contributed by atoms with Crippen LogP contribution in [0, 0.1) is 0 Å². The lowest BCUT2D eigenvalue weighted by molar-refractivity contribution is -0.508. The highest BCUT2D eigenvalue weighted by molar-refractivity contribution is 7.97. The van der Waals surface area contributed by atoms with Crippen LogP contribution in [0.3, 0.4) is 0 Å². The third-order valence-electron chi connectivity index (χ3n) is 6.47. The van der Waals surface area contributed by atoms with Crippen molar-refractivity contribution >= 4 is 21.3 Å². The number of hydrogen-bond acceptors (Lipinski definition) is 6. The van der Waals surface area contributed by atoms with Crippen LogP contribution in [-0.4, -0.2) is 33.1 Å². The van der Waals surface area contributed by atoms with E-state index in [0.717, 1.165) is 11.3 Å². The first kappa shape index (κ1) is 19.2. The van der Waals surface area contributed by atoms with Crippen molar-refractivity contribution in [2.45, 2.75) is 36.0 Å². The molecule has 3 aliphatic rings. The predicted octanol–water partition coefficient (Wildman–Crippen LogP) is 3.55. The van der Waals surface area contributed by atoms with Crippen LogP contribution < -0.4 is 4.90 Å². The molecule has 0 aromatic heterocycles. The van der Waals surface area contributed by atoms with E-state index < -0.39 is 27.4 Å². The maximum absolute atomic E-state index is 12.7. The third-order valence-corrected chi connectivity index (χ3v) is 8.30. The van der Waals surface area contributed by atoms with Crippen molar-refractivity contribution in [3.05, 3.63) is 82.8 Å². The molecular weight excluding hydrogens is 402 g/mol. The van der Waals surface area contributed by atoms with Crippen LogP contribution in [0.4, 0.5) is 5.69 Å². The zero-order valence-electron chi connectivity index (χ0n) is 16.8. The maximum Gasteiger partial charge on any atom is 0.217 e. The number of benzene rings is 2. The first-order valence-electron chi connectivity index (χ1n) is 9.68. The van der Waals surface area contributed by atoms with Gasteiger partial charge in [0.25, 0.3) is 0 Å². The number of fused-ring (bicyclic) bond motifs is 2. The molecule has 1 saturated heterocycles. The molecule has 0 saturated carbocycles. The smallest absolute Gasteiger partial charge is 0.217 e. The summed E-state index contributed by atoms with van der Waals surface area (Å²) in [5, 5.41) is 0. The monoisotopic (exact) mass is 423 g/mol. The second-order valence-corrected chi connectivity index (χ2v) is 10.1. The first-order valence-corrected chi connectivity index (χ1v) is 11.2. The molecule has 0 bridgehead atoms. The van der Waals surface area contributed by atoms with Gasteiger partial charge in [-0.15, -0.1) is 0 Å². The second-order valence-electron chi connectivity index (χ2n) is 8.24. The van der Waals surface area contributed by atoms with E-state index in [4.69, 9.17) is 9.78 Å². The average Bonchev–Trinajstić information content (AvgIpc) is 3.02. The number of ketones is 1. The molecule has 2 aromatic carbocycles. The molecule has 0 amide bonds. The molecule has 3 heterocycles. The number of anilines is 1. The van der Waals surface area contributed by atoms with Gasteiger partial charge in [-0.25, -0.2) is 18.2 Å². The van der Waals surface area contributed by atoms with Crippen molar-refractivity contribution in [3.8, 4) is 0 Å². The molecule has 3 aliphatic heterocycles. The van der Waals surface area contributed by atoms with Gasteiger partial charge in [-0.2, -0.15) is 0 Å². The number of para-hydroxylation sites is 1. The van der Waals surface area contributed by atoms with Crippen LogP contribution >= 0.6 is 0 Å². The molecule has 7 heteroatoms. The van der Waals surface area contributed by atoms with Crippen LogP contribution in [0.2, 0.25) is 0 Å². The number of sulfone groups is 1. The molecule has 0 aliphatic carbocycles. The summed E-state index contributed by atoms with van der Waals surface area (Å²) < 4.78 is 25.4. The number of hydrogen-bond donors (Lipinski definition) is 0. The fraction of sp³-hybridized carbons (Fsp3) is 0.261. The molecule has 0 N–H and O–H groups in total. The van der Waals surface area contributed by atoms with Gasteiger partial charge in [-0.05, 0) is 35.9 Å². The van der Waals surface area contributed by atoms with Gasteiger partial charge in [0, 0.05) is 23.7 Å². The van der Waals surface area contributed by atoms with Crippen LogP contribution in [0.1, 0.15) is 29.8 Å². The minimum atomic E-state index is -3.81. The quantitative estimate of drug-likeness (QED) is 0.543. The molecule has 2 atom stereocenters. The van der Waals surface area contributed by atoms with Gasteiger partial charge >= 0.3 is 0 Å². The molecule has 1 fully saturated rings. The fourth-order valence-electron chi connectivity index (χ4n) is 4.82. The van der Waals surface area contributed by atoms with Crippen molar-refractivity contribution in [2.75, 3.05) is 11.9 Å². The molecule has 6 nitrogen and oxygen atoms in total. The number of allylic oxidation sites excluding steroid dienone is 3. The van der Waals surface area contributed by atoms with Gasteiger partial charge in [0.15, 0.2) is 6.10 Å². The summed E-state index contributed by atoms with van der Waals surface area (Å²) in [6.07, 6.45) is 4.22. The predicted molar refractivity (Wildman–Crippen MR) is 112 cm³/mol. The van der Waals surface area contributed by atoms with Crippen molar-refractivity contribution in [3.63, 3.8) is 0 Å². The minimum Gasteiger partial charge on any atom is -0.341 e. The highest BCUT2D eigenvalue weighted by Crippen LogP contribution is 2.57. The molecule has 2 unspecified atom stereocenters. The topological polar surface area (TPSA) is 72.9 Å². The molecule has 154 valence electrons. The van der Waals surface area contributed by atoms with Crippen molar-refractivity contribution < 1.29 is 23.0 Å². The molecule has 0 radical (unpaired) electrons. The van der Waals surface area contributed by atoms with Crippen LogP contribution in [-0.2, 0) is 25.0 Å². The Morgan fingerprint density at radius 3 is 2.43 bits per heavy atom. The Morgan fingerprint density at radius 1 is 1.07 bits per heavy atom. The van der Waals surface area contributed by atoms with E-state index in [-0.39, 0.29) is 20.8 Å². The van der Waals surface area contributed by atoms with Crippen molar-refractivity contribution in [1.29, 1.82) is 0 Å². The number of carbonyl (C=O) groups is 1. The summed E-state index contributed by atoms with van der Waals surface area (Å²) in [7, 11) is -1.85. The van der Waals surface area contributed by atoms with E-state index in [2.05, 4.69) is 24.8 Å². The van der Waals surface area contributed by atoms with E-state index in [9.17, 15) is 13.2 Å². The van der Waals surface area contributed by atoms with Gasteiger partial charge in [0.1, 0.15) is 4.91 Å². The molecule has 30 heavy (non-hydrogen) atoms. The van der Waals surface area contributed by atoms with E-state index in [1.54, 1.807) is 24.3 Å². The van der Waals surface area contributed by atoms with Crippen LogP contribution in [0.15, 0.2) is 76.6 Å². The van der Waals surface area contributed by atoms with Gasteiger partial charge in [0.05, 0.1) is 4.90 Å². The van der Waals surface area contributed by atoms with Crippen LogP contribution in [0.5, 0.6) is 0 Å². The first-order chi connectivity index (χ1) is 14.2. The summed E-state index contributed by atoms with van der Waals surface area (Å²) in [4.78, 5) is 25.6. The summed E-state index contributed by atoms with van der Waals surface area (Å²) in [6.45, 7) is 4.19. The summed E-state index contributed by atoms with van der Waals surface area (Å²) in [5.41, 5.74) is 1.30. The van der Waals surface area contributed by atoms with E-state index in [1.165, 1.54) is 18.2 Å². The summed E-state index contributed by atoms with van der Waals surface area (Å²) >= 11 is 0. The lowest BCUT2D eigenvalue weighted by atomic mass is 9.74. The zero-order chi connectivity index (χ0) is 21.3. The molecule has 2 aromatic rings. The maximum atomic E-state index is 12.7. The fourth-order valence-corrected chi connectivity index (χ4v) is 6.38. The number of carbonyl (C=O) groups excluding carboxylic acids is 1. The zero-order valence-corrected chi connectivity index (χ0v) is 17.6. The van der Waals surface area contributed by atoms with Gasteiger partial charge in [-0.3, -0.25) is 4.79 Å². The Labute approximate surface area is 175 Å². The number of likely N-dealkylation sites (N-methyl/N-ethyl adjacent to an activating group) is 1. The third kappa shape index (κ3) is 2.20. The standard InChI is InChI=1S/C23H21NO5S/c1-22(2)16-10-5-6-11-17(16)24(3)23(22)20(28-29-23)14-8-13-19-21(25)15-9-4-7-12-18(15)30(19,26)27/h4-14,20H,1-3H3. The second kappa shape index (κ2) is 6.14. The Morgan fingerprint density at radius 2 is 1.77 bits per heavy atom. The lowest BCUT2D eigenvalue weighted by Gasteiger charge is -2.54. The number of rotatable bonds is 2. The Bertz CT molecular complexity index is 1240. The minimum absolute atomic E-state index is 0.0569. The van der Waals surface area contributed by atoms with Gasteiger partial charge in [-0.1, -0.05) is 50.3 Å². The van der Waals surface area contributed by atoms with Crippen molar-refractivity contribution in [2.24, 2.45) is 0 Å². The number of nitrogens with zero attached hydrogens (tertiary/aromatic N) is 1. The normalized spacial score (nSPS) is 29.4. The average molecular weight is 423 g/mol. The SMILES string of the molecule is CN1c2ccccc2C(C)(C)C12OOC2C=CC=C1C(=O)c2ccccc2S1(=O)=O. The van der Waals surface area contributed by atoms with Gasteiger partial charge in [0.2, 0.25) is 21.3 Å². The van der Waals surface area contributed by atoms with Crippen molar-refractivity contribution in [1.82, 2.24) is 0 Å². The summed E-state index contributed by atoms with van der Waals surface area (Å²) in [6, 6.07) is 14.3. The van der Waals surface area contributed by atoms with E-state index >= 15 is 0 Å².